The number of hydrogen-bond donors (Lipinski definition) is 2. The Morgan fingerprint density at radius 2 is 1.64 bits per heavy atom. The van der Waals surface area contributed by atoms with Crippen LogP contribution in [0.1, 0.15) is 10.4 Å². The van der Waals surface area contributed by atoms with E-state index in [9.17, 15) is 14.4 Å². The summed E-state index contributed by atoms with van der Waals surface area (Å²) in [7, 11) is 1.45. The van der Waals surface area contributed by atoms with Crippen LogP contribution in [0.4, 0.5) is 5.69 Å². The molecular weight excluding hydrogens is 324 g/mol. The fraction of sp³-hybridized carbons (Fsp3) is 0.167. The molecule has 0 aromatic heterocycles. The molecule has 0 aliphatic heterocycles. The largest absolute Gasteiger partial charge is 0.496 e. The van der Waals surface area contributed by atoms with Gasteiger partial charge in [-0.05, 0) is 24.3 Å². The van der Waals surface area contributed by atoms with Crippen molar-refractivity contribution >= 4 is 23.5 Å². The lowest BCUT2D eigenvalue weighted by molar-refractivity contribution is -0.146. The van der Waals surface area contributed by atoms with Crippen LogP contribution in [-0.2, 0) is 14.3 Å². The first kappa shape index (κ1) is 18.0. The van der Waals surface area contributed by atoms with Crippen LogP contribution in [0.5, 0.6) is 5.75 Å². The molecule has 2 amide bonds. The predicted molar refractivity (Wildman–Crippen MR) is 91.4 cm³/mol. The van der Waals surface area contributed by atoms with Crippen molar-refractivity contribution in [1.82, 2.24) is 5.32 Å². The van der Waals surface area contributed by atoms with Crippen molar-refractivity contribution in [1.29, 1.82) is 0 Å². The Bertz CT molecular complexity index is 746. The molecule has 0 bridgehead atoms. The number of hydrogen-bond acceptors (Lipinski definition) is 5. The van der Waals surface area contributed by atoms with Crippen molar-refractivity contribution in [3.63, 3.8) is 0 Å². The highest BCUT2D eigenvalue weighted by Crippen LogP contribution is 2.16. The van der Waals surface area contributed by atoms with Crippen LogP contribution < -0.4 is 15.4 Å². The first-order valence-electron chi connectivity index (χ1n) is 7.52. The van der Waals surface area contributed by atoms with E-state index in [0.717, 1.165) is 0 Å². The van der Waals surface area contributed by atoms with E-state index in [-0.39, 0.29) is 6.54 Å². The second-order valence-corrected chi connectivity index (χ2v) is 4.96. The van der Waals surface area contributed by atoms with Gasteiger partial charge in [-0.1, -0.05) is 30.3 Å². The van der Waals surface area contributed by atoms with Gasteiger partial charge in [-0.2, -0.15) is 0 Å². The van der Waals surface area contributed by atoms with Gasteiger partial charge in [0.05, 0.1) is 12.7 Å². The van der Waals surface area contributed by atoms with Gasteiger partial charge in [-0.25, -0.2) is 0 Å². The standard InChI is InChI=1S/C18H18N2O5/c1-24-15-10-6-5-9-14(15)18(23)19-11-17(22)25-12-16(21)20-13-7-3-2-4-8-13/h2-10H,11-12H2,1H3,(H,19,23)(H,20,21). The predicted octanol–water partition coefficient (Wildman–Crippen LogP) is 1.61. The zero-order valence-corrected chi connectivity index (χ0v) is 13.7. The number of amides is 2. The van der Waals surface area contributed by atoms with E-state index in [0.29, 0.717) is 17.0 Å². The molecule has 0 aliphatic carbocycles. The number of rotatable bonds is 7. The maximum absolute atomic E-state index is 12.0. The van der Waals surface area contributed by atoms with Gasteiger partial charge in [-0.15, -0.1) is 0 Å². The normalized spacial score (nSPS) is 9.80. The van der Waals surface area contributed by atoms with Crippen LogP contribution in [0.15, 0.2) is 54.6 Å². The molecule has 130 valence electrons. The van der Waals surface area contributed by atoms with E-state index in [1.807, 2.05) is 6.07 Å². The summed E-state index contributed by atoms with van der Waals surface area (Å²) >= 11 is 0. The minimum Gasteiger partial charge on any atom is -0.496 e. The molecule has 0 saturated carbocycles. The Kier molecular flexibility index (Phi) is 6.53. The molecule has 2 rings (SSSR count). The number of nitrogens with one attached hydrogen (secondary N) is 2. The van der Waals surface area contributed by atoms with Gasteiger partial charge in [0, 0.05) is 5.69 Å². The first-order chi connectivity index (χ1) is 12.1. The molecular formula is C18H18N2O5. The van der Waals surface area contributed by atoms with Crippen LogP contribution in [0, 0.1) is 0 Å². The lowest BCUT2D eigenvalue weighted by Gasteiger charge is -2.09. The monoisotopic (exact) mass is 342 g/mol. The topological polar surface area (TPSA) is 93.7 Å². The molecule has 0 spiro atoms. The Labute approximate surface area is 144 Å². The summed E-state index contributed by atoms with van der Waals surface area (Å²) in [6.07, 6.45) is 0. The second-order valence-electron chi connectivity index (χ2n) is 4.96. The van der Waals surface area contributed by atoms with Gasteiger partial charge in [0.1, 0.15) is 12.3 Å². The molecule has 0 unspecified atom stereocenters. The van der Waals surface area contributed by atoms with E-state index in [2.05, 4.69) is 10.6 Å². The number of methoxy groups -OCH3 is 1. The van der Waals surface area contributed by atoms with E-state index < -0.39 is 24.4 Å². The van der Waals surface area contributed by atoms with Crippen molar-refractivity contribution in [3.8, 4) is 5.75 Å². The summed E-state index contributed by atoms with van der Waals surface area (Å²) in [5.74, 6) is -1.25. The molecule has 0 aliphatic rings. The van der Waals surface area contributed by atoms with Gasteiger partial charge in [0.25, 0.3) is 11.8 Å². The average molecular weight is 342 g/mol. The number of ether oxygens (including phenoxy) is 2. The number of benzene rings is 2. The maximum Gasteiger partial charge on any atom is 0.325 e. The summed E-state index contributed by atoms with van der Waals surface area (Å²) in [6, 6.07) is 15.4. The molecule has 0 atom stereocenters. The number of carbonyl (C=O) groups excluding carboxylic acids is 3. The number of para-hydroxylation sites is 2. The zero-order valence-electron chi connectivity index (χ0n) is 13.7. The Morgan fingerprint density at radius 3 is 2.36 bits per heavy atom. The molecule has 0 heterocycles. The van der Waals surface area contributed by atoms with Crippen molar-refractivity contribution in [2.45, 2.75) is 0 Å². The smallest absolute Gasteiger partial charge is 0.325 e. The van der Waals surface area contributed by atoms with Gasteiger partial charge >= 0.3 is 5.97 Å². The van der Waals surface area contributed by atoms with Gasteiger partial charge < -0.3 is 20.1 Å². The van der Waals surface area contributed by atoms with E-state index in [1.54, 1.807) is 48.5 Å². The maximum atomic E-state index is 12.0. The molecule has 0 radical (unpaired) electrons. The molecule has 7 heteroatoms. The highest BCUT2D eigenvalue weighted by molar-refractivity contribution is 5.98. The quantitative estimate of drug-likeness (QED) is 0.746. The number of esters is 1. The lowest BCUT2D eigenvalue weighted by Crippen LogP contribution is -2.32. The summed E-state index contributed by atoms with van der Waals surface area (Å²) in [6.45, 7) is -0.784. The van der Waals surface area contributed by atoms with Crippen LogP contribution in [-0.4, -0.2) is 38.0 Å². The molecule has 25 heavy (non-hydrogen) atoms. The molecule has 7 nitrogen and oxygen atoms in total. The van der Waals surface area contributed by atoms with Crippen LogP contribution in [0.25, 0.3) is 0 Å². The highest BCUT2D eigenvalue weighted by Gasteiger charge is 2.14. The van der Waals surface area contributed by atoms with E-state index in [1.165, 1.54) is 7.11 Å². The summed E-state index contributed by atoms with van der Waals surface area (Å²) < 4.78 is 9.90. The molecule has 2 aromatic rings. The van der Waals surface area contributed by atoms with Gasteiger partial charge in [0.15, 0.2) is 6.61 Å². The van der Waals surface area contributed by atoms with Crippen molar-refractivity contribution in [2.24, 2.45) is 0 Å². The van der Waals surface area contributed by atoms with Crippen molar-refractivity contribution in [2.75, 3.05) is 25.6 Å². The SMILES string of the molecule is COc1ccccc1C(=O)NCC(=O)OCC(=O)Nc1ccccc1. The average Bonchev–Trinajstić information content (AvgIpc) is 2.65. The molecule has 2 N–H and O–H groups in total. The first-order valence-corrected chi connectivity index (χ1v) is 7.52. The van der Waals surface area contributed by atoms with Crippen LogP contribution in [0.2, 0.25) is 0 Å². The third-order valence-electron chi connectivity index (χ3n) is 3.17. The van der Waals surface area contributed by atoms with Crippen molar-refractivity contribution in [3.05, 3.63) is 60.2 Å². The minimum absolute atomic E-state index is 0.305. The summed E-state index contributed by atoms with van der Waals surface area (Å²) in [4.78, 5) is 35.3. The Hall–Kier alpha value is -3.35. The number of carbonyl (C=O) groups is 3. The summed E-state index contributed by atoms with van der Waals surface area (Å²) in [5, 5.41) is 5.00. The van der Waals surface area contributed by atoms with E-state index in [4.69, 9.17) is 9.47 Å². The zero-order chi connectivity index (χ0) is 18.1. The Balaban J connectivity index is 1.75. The molecule has 2 aromatic carbocycles. The summed E-state index contributed by atoms with van der Waals surface area (Å²) in [5.41, 5.74) is 0.910. The van der Waals surface area contributed by atoms with E-state index >= 15 is 0 Å². The highest BCUT2D eigenvalue weighted by atomic mass is 16.5. The van der Waals surface area contributed by atoms with Gasteiger partial charge in [-0.3, -0.25) is 14.4 Å². The number of anilines is 1. The Morgan fingerprint density at radius 1 is 0.960 bits per heavy atom. The van der Waals surface area contributed by atoms with Gasteiger partial charge in [0.2, 0.25) is 0 Å². The van der Waals surface area contributed by atoms with Crippen LogP contribution in [0.3, 0.4) is 0 Å². The second kappa shape index (κ2) is 9.07. The fourth-order valence-electron chi connectivity index (χ4n) is 2.00. The lowest BCUT2D eigenvalue weighted by atomic mass is 10.2. The molecule has 0 saturated heterocycles. The third-order valence-corrected chi connectivity index (χ3v) is 3.17. The third kappa shape index (κ3) is 5.65. The molecule has 0 fully saturated rings. The van der Waals surface area contributed by atoms with Crippen LogP contribution >= 0.6 is 0 Å². The fourth-order valence-corrected chi connectivity index (χ4v) is 2.00. The minimum atomic E-state index is -0.716. The van der Waals surface area contributed by atoms with Crippen molar-refractivity contribution < 1.29 is 23.9 Å².